The maximum atomic E-state index is 12.6. The Kier molecular flexibility index (Phi) is 8.11. The van der Waals surface area contributed by atoms with E-state index in [1.807, 2.05) is 36.4 Å². The fourth-order valence-electron chi connectivity index (χ4n) is 4.02. The lowest BCUT2D eigenvalue weighted by Crippen LogP contribution is -2.19. The van der Waals surface area contributed by atoms with Crippen LogP contribution in [-0.2, 0) is 21.4 Å². The molecule has 1 unspecified atom stereocenters. The van der Waals surface area contributed by atoms with Crippen molar-refractivity contribution >= 4 is 17.0 Å². The molecule has 0 aliphatic heterocycles. The van der Waals surface area contributed by atoms with Crippen LogP contribution in [0.3, 0.4) is 0 Å². The number of benzene rings is 2. The van der Waals surface area contributed by atoms with Crippen LogP contribution in [0, 0.1) is 0 Å². The van der Waals surface area contributed by atoms with E-state index in [0.29, 0.717) is 18.5 Å². The van der Waals surface area contributed by atoms with Gasteiger partial charge in [-0.15, -0.1) is 15.0 Å². The topological polar surface area (TPSA) is 77.2 Å². The number of nitrogens with zero attached hydrogens (tertiary/aromatic N) is 3. The van der Waals surface area contributed by atoms with E-state index in [1.165, 1.54) is 4.80 Å². The Hall–Kier alpha value is -2.89. The smallest absolute Gasteiger partial charge is 0.306 e. The van der Waals surface area contributed by atoms with E-state index in [0.717, 1.165) is 54.3 Å². The molecule has 6 heteroatoms. The number of phenolic OH excluding ortho intramolecular Hbond substituents is 1. The van der Waals surface area contributed by atoms with E-state index in [1.54, 1.807) is 0 Å². The minimum Gasteiger partial charge on any atom is -0.505 e. The number of hydrogen-bond acceptors (Lipinski definition) is 5. The second-order valence-corrected chi connectivity index (χ2v) is 9.78. The Morgan fingerprint density at radius 2 is 1.73 bits per heavy atom. The lowest BCUT2D eigenvalue weighted by Gasteiger charge is -2.23. The number of ether oxygens (including phenoxy) is 1. The highest BCUT2D eigenvalue weighted by molar-refractivity contribution is 5.74. The number of unbranched alkanes of at least 4 members (excludes halogenated alkanes) is 1. The number of rotatable bonds is 10. The molecule has 0 radical (unpaired) electrons. The molecule has 0 aliphatic rings. The summed E-state index contributed by atoms with van der Waals surface area (Å²) in [4.78, 5) is 14.1. The van der Waals surface area contributed by atoms with Crippen molar-refractivity contribution in [3.63, 3.8) is 0 Å². The van der Waals surface area contributed by atoms with Crippen LogP contribution in [0.15, 0.2) is 36.4 Å². The van der Waals surface area contributed by atoms with Crippen LogP contribution in [-0.4, -0.2) is 32.2 Å². The number of esters is 1. The first kappa shape index (κ1) is 24.7. The zero-order valence-corrected chi connectivity index (χ0v) is 20.6. The molecule has 2 aromatic carbocycles. The first-order chi connectivity index (χ1) is 15.7. The van der Waals surface area contributed by atoms with Gasteiger partial charge in [0.25, 0.3) is 0 Å². The predicted octanol–water partition coefficient (Wildman–Crippen LogP) is 6.26. The molecule has 6 nitrogen and oxygen atoms in total. The Labute approximate surface area is 197 Å². The van der Waals surface area contributed by atoms with Gasteiger partial charge in [-0.2, -0.15) is 0 Å². The van der Waals surface area contributed by atoms with Gasteiger partial charge < -0.3 is 9.84 Å². The van der Waals surface area contributed by atoms with Crippen molar-refractivity contribution in [3.05, 3.63) is 47.5 Å². The summed E-state index contributed by atoms with van der Waals surface area (Å²) in [5.41, 5.74) is 3.51. The SMILES string of the molecule is CCCCC(CCC)OC(=O)CCc1cc(-n2nc3ccccc3n2)c(O)c(C(C)(C)C)c1. The van der Waals surface area contributed by atoms with Crippen LogP contribution in [0.2, 0.25) is 0 Å². The molecule has 0 fully saturated rings. The van der Waals surface area contributed by atoms with Crippen molar-refractivity contribution in [2.75, 3.05) is 0 Å². The summed E-state index contributed by atoms with van der Waals surface area (Å²) in [6.45, 7) is 10.4. The molecule has 1 aromatic heterocycles. The van der Waals surface area contributed by atoms with Gasteiger partial charge in [0.2, 0.25) is 0 Å². The van der Waals surface area contributed by atoms with Gasteiger partial charge in [0.05, 0.1) is 0 Å². The van der Waals surface area contributed by atoms with Crippen LogP contribution in [0.5, 0.6) is 5.75 Å². The molecule has 178 valence electrons. The van der Waals surface area contributed by atoms with Crippen molar-refractivity contribution in [2.45, 2.75) is 91.1 Å². The Morgan fingerprint density at radius 3 is 2.30 bits per heavy atom. The maximum Gasteiger partial charge on any atom is 0.306 e. The van der Waals surface area contributed by atoms with Crippen molar-refractivity contribution in [1.82, 2.24) is 15.0 Å². The molecular weight excluding hydrogens is 414 g/mol. The van der Waals surface area contributed by atoms with E-state index in [-0.39, 0.29) is 23.2 Å². The first-order valence-electron chi connectivity index (χ1n) is 12.1. The number of aryl methyl sites for hydroxylation is 1. The number of carbonyl (C=O) groups excluding carboxylic acids is 1. The third-order valence-electron chi connectivity index (χ3n) is 5.87. The van der Waals surface area contributed by atoms with Gasteiger partial charge in [0.15, 0.2) is 0 Å². The minimum absolute atomic E-state index is 0.00340. The molecule has 0 spiro atoms. The van der Waals surface area contributed by atoms with Gasteiger partial charge in [-0.05, 0) is 48.4 Å². The first-order valence-corrected chi connectivity index (χ1v) is 12.1. The predicted molar refractivity (Wildman–Crippen MR) is 132 cm³/mol. The van der Waals surface area contributed by atoms with Crippen LogP contribution in [0.4, 0.5) is 0 Å². The van der Waals surface area contributed by atoms with Crippen molar-refractivity contribution in [3.8, 4) is 11.4 Å². The normalized spacial score (nSPS) is 12.8. The second kappa shape index (κ2) is 10.8. The number of fused-ring (bicyclic) bond motifs is 1. The highest BCUT2D eigenvalue weighted by Gasteiger charge is 2.23. The Morgan fingerprint density at radius 1 is 1.06 bits per heavy atom. The van der Waals surface area contributed by atoms with Gasteiger partial charge in [-0.25, -0.2) is 0 Å². The molecule has 33 heavy (non-hydrogen) atoms. The highest BCUT2D eigenvalue weighted by atomic mass is 16.5. The van der Waals surface area contributed by atoms with E-state index >= 15 is 0 Å². The zero-order valence-electron chi connectivity index (χ0n) is 20.6. The lowest BCUT2D eigenvalue weighted by atomic mass is 9.84. The standard InChI is InChI=1S/C27H37N3O3/c1-6-8-12-20(11-7-2)33-25(31)16-15-19-17-21(27(3,4)5)26(32)24(18-19)30-28-22-13-9-10-14-23(22)29-30/h9-10,13-14,17-18,20,32H,6-8,11-12,15-16H2,1-5H3. The zero-order chi connectivity index (χ0) is 24.0. The Balaban J connectivity index is 1.84. The van der Waals surface area contributed by atoms with E-state index < -0.39 is 0 Å². The average molecular weight is 452 g/mol. The van der Waals surface area contributed by atoms with Crippen molar-refractivity contribution in [2.24, 2.45) is 0 Å². The van der Waals surface area contributed by atoms with Gasteiger partial charge in [0.1, 0.15) is 28.6 Å². The molecular formula is C27H37N3O3. The molecule has 1 atom stereocenters. The fourth-order valence-corrected chi connectivity index (χ4v) is 4.02. The van der Waals surface area contributed by atoms with Crippen molar-refractivity contribution in [1.29, 1.82) is 0 Å². The number of hydrogen-bond donors (Lipinski definition) is 1. The lowest BCUT2D eigenvalue weighted by molar-refractivity contribution is -0.149. The summed E-state index contributed by atoms with van der Waals surface area (Å²) in [5, 5.41) is 20.2. The van der Waals surface area contributed by atoms with Gasteiger partial charge >= 0.3 is 5.97 Å². The molecule has 0 aliphatic carbocycles. The van der Waals surface area contributed by atoms with E-state index in [9.17, 15) is 9.90 Å². The van der Waals surface area contributed by atoms with E-state index in [4.69, 9.17) is 4.74 Å². The average Bonchev–Trinajstić information content (AvgIpc) is 3.20. The molecule has 1 N–H and O–H groups in total. The minimum atomic E-state index is -0.283. The monoisotopic (exact) mass is 451 g/mol. The summed E-state index contributed by atoms with van der Waals surface area (Å²) >= 11 is 0. The molecule has 0 saturated carbocycles. The molecule has 1 heterocycles. The fraction of sp³-hybridized carbons (Fsp3) is 0.519. The van der Waals surface area contributed by atoms with Crippen LogP contribution in [0.25, 0.3) is 16.7 Å². The summed E-state index contributed by atoms with van der Waals surface area (Å²) < 4.78 is 5.77. The highest BCUT2D eigenvalue weighted by Crippen LogP contribution is 2.36. The third-order valence-corrected chi connectivity index (χ3v) is 5.87. The second-order valence-electron chi connectivity index (χ2n) is 9.78. The van der Waals surface area contributed by atoms with Gasteiger partial charge in [-0.3, -0.25) is 4.79 Å². The largest absolute Gasteiger partial charge is 0.505 e. The molecule has 0 bridgehead atoms. The molecule has 0 saturated heterocycles. The third kappa shape index (κ3) is 6.34. The summed E-state index contributed by atoms with van der Waals surface area (Å²) in [5.74, 6) is -0.00357. The van der Waals surface area contributed by atoms with Gasteiger partial charge in [0, 0.05) is 12.0 Å². The maximum absolute atomic E-state index is 12.6. The van der Waals surface area contributed by atoms with Crippen LogP contribution < -0.4 is 0 Å². The van der Waals surface area contributed by atoms with Gasteiger partial charge in [-0.1, -0.05) is 72.1 Å². The molecule has 0 amide bonds. The summed E-state index contributed by atoms with van der Waals surface area (Å²) in [6, 6.07) is 11.5. The summed E-state index contributed by atoms with van der Waals surface area (Å²) in [7, 11) is 0. The summed E-state index contributed by atoms with van der Waals surface area (Å²) in [6.07, 6.45) is 5.83. The van der Waals surface area contributed by atoms with Crippen LogP contribution >= 0.6 is 0 Å². The number of aromatic nitrogens is 3. The molecule has 3 rings (SSSR count). The Bertz CT molecular complexity index is 1050. The van der Waals surface area contributed by atoms with E-state index in [2.05, 4.69) is 44.8 Å². The molecule has 3 aromatic rings. The number of phenols is 1. The quantitative estimate of drug-likeness (QED) is 0.368. The van der Waals surface area contributed by atoms with Crippen LogP contribution in [0.1, 0.15) is 84.3 Å². The number of aromatic hydroxyl groups is 1. The van der Waals surface area contributed by atoms with Crippen molar-refractivity contribution < 1.29 is 14.6 Å². The number of carbonyl (C=O) groups is 1.